The van der Waals surface area contributed by atoms with E-state index >= 15 is 0 Å². The summed E-state index contributed by atoms with van der Waals surface area (Å²) in [4.78, 5) is 34.0. The first-order valence-electron chi connectivity index (χ1n) is 6.52. The Balaban J connectivity index is 2.81. The number of carboxylic acid groups (broad SMARTS) is 1. The normalized spacial score (nSPS) is 11.9. The lowest BCUT2D eigenvalue weighted by atomic mass is 10.1. The van der Waals surface area contributed by atoms with E-state index in [1.807, 2.05) is 6.92 Å². The van der Waals surface area contributed by atoms with Gasteiger partial charge in [0.15, 0.2) is 0 Å². The minimum Gasteiger partial charge on any atom is -0.480 e. The second-order valence-electron chi connectivity index (χ2n) is 4.61. The summed E-state index contributed by atoms with van der Waals surface area (Å²) in [5.74, 6) is -2.30. The van der Waals surface area contributed by atoms with E-state index in [4.69, 9.17) is 10.8 Å². The molecule has 1 aromatic heterocycles. The number of hydrogen-bond donors (Lipinski definition) is 3. The van der Waals surface area contributed by atoms with Crippen LogP contribution < -0.4 is 11.1 Å². The summed E-state index contributed by atoms with van der Waals surface area (Å²) in [7, 11) is 0. The van der Waals surface area contributed by atoms with Gasteiger partial charge in [-0.1, -0.05) is 6.92 Å². The number of amides is 2. The van der Waals surface area contributed by atoms with Gasteiger partial charge >= 0.3 is 5.97 Å². The maximum atomic E-state index is 12.2. The van der Waals surface area contributed by atoms with Gasteiger partial charge in [-0.2, -0.15) is 0 Å². The highest BCUT2D eigenvalue weighted by Gasteiger charge is 2.23. The van der Waals surface area contributed by atoms with Gasteiger partial charge in [-0.25, -0.2) is 4.79 Å². The van der Waals surface area contributed by atoms with E-state index in [0.717, 1.165) is 10.9 Å². The van der Waals surface area contributed by atoms with Gasteiger partial charge in [-0.3, -0.25) is 9.59 Å². The van der Waals surface area contributed by atoms with Crippen LogP contribution in [-0.4, -0.2) is 33.5 Å². The summed E-state index contributed by atoms with van der Waals surface area (Å²) in [5, 5.41) is 11.5. The zero-order valence-electron chi connectivity index (χ0n) is 11.6. The van der Waals surface area contributed by atoms with Crippen molar-refractivity contribution in [1.29, 1.82) is 0 Å². The van der Waals surface area contributed by atoms with Crippen molar-refractivity contribution < 1.29 is 19.5 Å². The molecule has 0 radical (unpaired) electrons. The number of aromatic nitrogens is 1. The molecule has 0 aliphatic rings. The molecule has 8 heteroatoms. The molecule has 0 saturated carbocycles. The van der Waals surface area contributed by atoms with Crippen molar-refractivity contribution in [3.63, 3.8) is 0 Å². The van der Waals surface area contributed by atoms with Crippen molar-refractivity contribution in [3.8, 4) is 0 Å². The molecule has 0 spiro atoms. The Kier molecular flexibility index (Phi) is 6.41. The van der Waals surface area contributed by atoms with E-state index in [0.29, 0.717) is 12.2 Å². The van der Waals surface area contributed by atoms with Crippen LogP contribution in [0.15, 0.2) is 16.7 Å². The second kappa shape index (κ2) is 7.82. The number of carboxylic acids is 1. The number of nitrogens with zero attached hydrogens (tertiary/aromatic N) is 1. The summed E-state index contributed by atoms with van der Waals surface area (Å²) in [6.45, 7) is 2.62. The van der Waals surface area contributed by atoms with Crippen LogP contribution in [0, 0.1) is 0 Å². The highest BCUT2D eigenvalue weighted by Crippen LogP contribution is 2.16. The Morgan fingerprint density at radius 2 is 2.14 bits per heavy atom. The first kappa shape index (κ1) is 17.2. The number of nitrogens with two attached hydrogens (primary N) is 1. The average molecular weight is 360 g/mol. The van der Waals surface area contributed by atoms with E-state index in [1.54, 1.807) is 16.8 Å². The van der Waals surface area contributed by atoms with Crippen LogP contribution in [0.4, 0.5) is 0 Å². The Morgan fingerprint density at radius 3 is 2.67 bits per heavy atom. The monoisotopic (exact) mass is 359 g/mol. The van der Waals surface area contributed by atoms with Gasteiger partial charge in [0.05, 0.1) is 0 Å². The van der Waals surface area contributed by atoms with Gasteiger partial charge in [0.1, 0.15) is 11.7 Å². The van der Waals surface area contributed by atoms with Crippen molar-refractivity contribution in [2.24, 2.45) is 5.73 Å². The molecular weight excluding hydrogens is 342 g/mol. The summed E-state index contributed by atoms with van der Waals surface area (Å²) < 4.78 is 2.48. The van der Waals surface area contributed by atoms with Crippen molar-refractivity contribution in [2.45, 2.75) is 38.8 Å². The Morgan fingerprint density at radius 1 is 1.48 bits per heavy atom. The zero-order chi connectivity index (χ0) is 16.0. The van der Waals surface area contributed by atoms with E-state index in [9.17, 15) is 14.4 Å². The third-order valence-electron chi connectivity index (χ3n) is 2.84. The topological polar surface area (TPSA) is 114 Å². The molecule has 1 heterocycles. The van der Waals surface area contributed by atoms with E-state index < -0.39 is 23.8 Å². The van der Waals surface area contributed by atoms with Crippen LogP contribution in [0.5, 0.6) is 0 Å². The van der Waals surface area contributed by atoms with E-state index in [1.165, 1.54) is 0 Å². The fourth-order valence-corrected chi connectivity index (χ4v) is 2.33. The Labute approximate surface area is 130 Å². The lowest BCUT2D eigenvalue weighted by Gasteiger charge is -2.14. The molecule has 0 aliphatic carbocycles. The Hall–Kier alpha value is -1.83. The molecule has 7 nitrogen and oxygen atoms in total. The first-order chi connectivity index (χ1) is 9.85. The lowest BCUT2D eigenvalue weighted by Crippen LogP contribution is -2.42. The molecule has 0 saturated heterocycles. The van der Waals surface area contributed by atoms with Gasteiger partial charge in [0, 0.05) is 23.6 Å². The van der Waals surface area contributed by atoms with Crippen molar-refractivity contribution in [3.05, 3.63) is 22.4 Å². The number of nitrogens with one attached hydrogen (secondary N) is 1. The fourth-order valence-electron chi connectivity index (χ4n) is 1.87. The first-order valence-corrected chi connectivity index (χ1v) is 7.32. The van der Waals surface area contributed by atoms with Crippen molar-refractivity contribution in [2.75, 3.05) is 0 Å². The predicted octanol–water partition coefficient (Wildman–Crippen LogP) is 1.11. The molecule has 0 aliphatic heterocycles. The third-order valence-corrected chi connectivity index (χ3v) is 3.28. The van der Waals surface area contributed by atoms with Crippen LogP contribution in [-0.2, 0) is 16.1 Å². The predicted molar refractivity (Wildman–Crippen MR) is 79.7 cm³/mol. The highest BCUT2D eigenvalue weighted by molar-refractivity contribution is 9.10. The molecule has 21 heavy (non-hydrogen) atoms. The molecule has 0 unspecified atom stereocenters. The smallest absolute Gasteiger partial charge is 0.326 e. The quantitative estimate of drug-likeness (QED) is 0.644. The molecule has 0 fully saturated rings. The van der Waals surface area contributed by atoms with Gasteiger partial charge in [-0.05, 0) is 34.8 Å². The highest BCUT2D eigenvalue weighted by atomic mass is 79.9. The van der Waals surface area contributed by atoms with Crippen LogP contribution in [0.2, 0.25) is 0 Å². The number of halogens is 1. The number of carbonyl (C=O) groups is 3. The molecule has 4 N–H and O–H groups in total. The van der Waals surface area contributed by atoms with Crippen molar-refractivity contribution in [1.82, 2.24) is 9.88 Å². The molecule has 1 rings (SSSR count). The van der Waals surface area contributed by atoms with Crippen LogP contribution in [0.3, 0.4) is 0 Å². The largest absolute Gasteiger partial charge is 0.480 e. The molecule has 0 aromatic carbocycles. The van der Waals surface area contributed by atoms with Crippen LogP contribution in [0.1, 0.15) is 36.7 Å². The molecule has 0 bridgehead atoms. The lowest BCUT2D eigenvalue weighted by molar-refractivity contribution is -0.139. The number of carbonyl (C=O) groups excluding carboxylic acids is 2. The van der Waals surface area contributed by atoms with Crippen molar-refractivity contribution >= 4 is 33.7 Å². The molecule has 1 aromatic rings. The van der Waals surface area contributed by atoms with Gasteiger partial charge in [-0.15, -0.1) is 0 Å². The van der Waals surface area contributed by atoms with Crippen LogP contribution >= 0.6 is 15.9 Å². The zero-order valence-corrected chi connectivity index (χ0v) is 13.2. The summed E-state index contributed by atoms with van der Waals surface area (Å²) >= 11 is 3.29. The number of primary amides is 1. The third kappa shape index (κ3) is 5.22. The van der Waals surface area contributed by atoms with Gasteiger partial charge < -0.3 is 20.7 Å². The van der Waals surface area contributed by atoms with Gasteiger partial charge in [0.25, 0.3) is 5.91 Å². The number of aryl methyl sites for hydroxylation is 1. The number of hydrogen-bond acceptors (Lipinski definition) is 3. The van der Waals surface area contributed by atoms with Gasteiger partial charge in [0.2, 0.25) is 5.91 Å². The van der Waals surface area contributed by atoms with E-state index in [-0.39, 0.29) is 12.8 Å². The Bertz CT molecular complexity index is 542. The minimum atomic E-state index is -1.20. The number of rotatable bonds is 8. The SMILES string of the molecule is CCCn1cc(Br)cc1C(=O)N[C@@H](CCC(N)=O)C(=O)O. The molecular formula is C13H18BrN3O4. The second-order valence-corrected chi connectivity index (χ2v) is 5.52. The number of aliphatic carboxylic acids is 1. The molecule has 116 valence electrons. The summed E-state index contributed by atoms with van der Waals surface area (Å²) in [6, 6.07) is 0.478. The summed E-state index contributed by atoms with van der Waals surface area (Å²) in [6.07, 6.45) is 2.46. The van der Waals surface area contributed by atoms with Crippen LogP contribution in [0.25, 0.3) is 0 Å². The summed E-state index contributed by atoms with van der Waals surface area (Å²) in [5.41, 5.74) is 5.36. The average Bonchev–Trinajstić information content (AvgIpc) is 2.75. The maximum Gasteiger partial charge on any atom is 0.326 e. The fraction of sp³-hybridized carbons (Fsp3) is 0.462. The molecule has 2 amide bonds. The maximum absolute atomic E-state index is 12.2. The minimum absolute atomic E-state index is 0.0357. The van der Waals surface area contributed by atoms with E-state index in [2.05, 4.69) is 21.2 Å². The molecule has 1 atom stereocenters. The standard InChI is InChI=1S/C13H18BrN3O4/c1-2-5-17-7-8(14)6-10(17)12(19)16-9(13(20)21)3-4-11(15)18/h6-7,9H,2-5H2,1H3,(H2,15,18)(H,16,19)(H,20,21)/t9-/m0/s1.